The smallest absolute Gasteiger partial charge is 0.233 e. The minimum Gasteiger partial charge on any atom is -0.326 e. The highest BCUT2D eigenvalue weighted by molar-refractivity contribution is 7.92. The zero-order valence-corrected chi connectivity index (χ0v) is 12.7. The van der Waals surface area contributed by atoms with Crippen molar-refractivity contribution in [2.75, 3.05) is 21.7 Å². The Kier molecular flexibility index (Phi) is 4.55. The molecule has 0 radical (unpaired) electrons. The Labute approximate surface area is 123 Å². The van der Waals surface area contributed by atoms with Crippen LogP contribution in [0.2, 0.25) is 0 Å². The van der Waals surface area contributed by atoms with E-state index in [-0.39, 0.29) is 17.6 Å². The molecule has 0 fully saturated rings. The lowest BCUT2D eigenvalue weighted by molar-refractivity contribution is -0.116. The number of anilines is 2. The molecule has 1 heterocycles. The fourth-order valence-electron chi connectivity index (χ4n) is 2.09. The van der Waals surface area contributed by atoms with Crippen molar-refractivity contribution in [3.8, 4) is 0 Å². The highest BCUT2D eigenvalue weighted by atomic mass is 35.5. The van der Waals surface area contributed by atoms with Gasteiger partial charge in [0, 0.05) is 23.7 Å². The number of carbonyl (C=O) groups is 1. The monoisotopic (exact) mass is 316 g/mol. The molecule has 1 aromatic rings. The molecule has 1 aliphatic rings. The van der Waals surface area contributed by atoms with E-state index in [0.717, 1.165) is 11.3 Å². The van der Waals surface area contributed by atoms with E-state index in [9.17, 15) is 13.2 Å². The van der Waals surface area contributed by atoms with Gasteiger partial charge in [0.05, 0.1) is 5.75 Å². The van der Waals surface area contributed by atoms with Gasteiger partial charge in [-0.25, -0.2) is 8.42 Å². The molecular weight excluding hydrogens is 300 g/mol. The standard InChI is InChI=1S/C13H17ClN2O3S/c1-9(7-14)8-20(18,19)16-11-3-4-12-10(6-11)2-5-13(17)15-12/h3-4,6,9,16H,2,5,7-8H2,1H3,(H,15,17). The van der Waals surface area contributed by atoms with Crippen LogP contribution in [0.4, 0.5) is 11.4 Å². The molecule has 5 nitrogen and oxygen atoms in total. The van der Waals surface area contributed by atoms with Crippen LogP contribution >= 0.6 is 11.6 Å². The Morgan fingerprint density at radius 2 is 2.15 bits per heavy atom. The van der Waals surface area contributed by atoms with E-state index in [1.165, 1.54) is 0 Å². The number of rotatable bonds is 5. The molecule has 20 heavy (non-hydrogen) atoms. The number of amides is 1. The SMILES string of the molecule is CC(CCl)CS(=O)(=O)Nc1ccc2c(c1)CCC(=O)N2. The van der Waals surface area contributed by atoms with Crippen molar-refractivity contribution in [1.29, 1.82) is 0 Å². The largest absolute Gasteiger partial charge is 0.326 e. The van der Waals surface area contributed by atoms with Crippen molar-refractivity contribution in [2.24, 2.45) is 5.92 Å². The molecule has 2 rings (SSSR count). The van der Waals surface area contributed by atoms with Crippen LogP contribution in [-0.2, 0) is 21.2 Å². The topological polar surface area (TPSA) is 75.3 Å². The van der Waals surface area contributed by atoms with Gasteiger partial charge < -0.3 is 5.32 Å². The summed E-state index contributed by atoms with van der Waals surface area (Å²) in [6, 6.07) is 5.13. The second-order valence-corrected chi connectivity index (χ2v) is 7.14. The molecular formula is C13H17ClN2O3S. The van der Waals surface area contributed by atoms with Crippen molar-refractivity contribution < 1.29 is 13.2 Å². The number of halogens is 1. The zero-order valence-electron chi connectivity index (χ0n) is 11.1. The van der Waals surface area contributed by atoms with Gasteiger partial charge >= 0.3 is 0 Å². The number of carbonyl (C=O) groups excluding carboxylic acids is 1. The number of sulfonamides is 1. The minimum absolute atomic E-state index is 0.00960. The first-order valence-electron chi connectivity index (χ1n) is 6.39. The first-order valence-corrected chi connectivity index (χ1v) is 8.57. The highest BCUT2D eigenvalue weighted by Crippen LogP contribution is 2.26. The predicted octanol–water partition coefficient (Wildman–Crippen LogP) is 2.19. The van der Waals surface area contributed by atoms with Gasteiger partial charge in [0.2, 0.25) is 15.9 Å². The number of hydrogen-bond donors (Lipinski definition) is 2. The highest BCUT2D eigenvalue weighted by Gasteiger charge is 2.18. The lowest BCUT2D eigenvalue weighted by Crippen LogP contribution is -2.23. The number of fused-ring (bicyclic) bond motifs is 1. The Bertz CT molecular complexity index is 616. The minimum atomic E-state index is -3.41. The summed E-state index contributed by atoms with van der Waals surface area (Å²) in [6.07, 6.45) is 1.04. The quantitative estimate of drug-likeness (QED) is 0.818. The van der Waals surface area contributed by atoms with Gasteiger partial charge in [0.1, 0.15) is 0 Å². The van der Waals surface area contributed by atoms with Crippen LogP contribution in [0.3, 0.4) is 0 Å². The third-order valence-electron chi connectivity index (χ3n) is 3.04. The van der Waals surface area contributed by atoms with E-state index < -0.39 is 10.0 Å². The van der Waals surface area contributed by atoms with Gasteiger partial charge in [-0.1, -0.05) is 6.92 Å². The van der Waals surface area contributed by atoms with Gasteiger partial charge in [-0.2, -0.15) is 0 Å². The first kappa shape index (κ1) is 15.1. The molecule has 0 bridgehead atoms. The number of nitrogens with one attached hydrogen (secondary N) is 2. The van der Waals surface area contributed by atoms with Crippen LogP contribution in [0.15, 0.2) is 18.2 Å². The molecule has 0 spiro atoms. The maximum absolute atomic E-state index is 11.9. The molecule has 7 heteroatoms. The molecule has 0 aromatic heterocycles. The molecule has 110 valence electrons. The van der Waals surface area contributed by atoms with Gasteiger partial charge in [-0.3, -0.25) is 9.52 Å². The fraction of sp³-hybridized carbons (Fsp3) is 0.462. The molecule has 0 saturated carbocycles. The molecule has 1 aliphatic heterocycles. The summed E-state index contributed by atoms with van der Waals surface area (Å²) < 4.78 is 26.4. The van der Waals surface area contributed by atoms with Crippen LogP contribution in [-0.4, -0.2) is 26.0 Å². The van der Waals surface area contributed by atoms with Crippen molar-refractivity contribution in [1.82, 2.24) is 0 Å². The zero-order chi connectivity index (χ0) is 14.8. The van der Waals surface area contributed by atoms with Crippen molar-refractivity contribution >= 4 is 38.9 Å². The molecule has 1 unspecified atom stereocenters. The number of alkyl halides is 1. The summed E-state index contributed by atoms with van der Waals surface area (Å²) in [5, 5.41) is 2.76. The average Bonchev–Trinajstić information content (AvgIpc) is 2.37. The fourth-order valence-corrected chi connectivity index (χ4v) is 3.76. The summed E-state index contributed by atoms with van der Waals surface area (Å²) in [5.74, 6) is 0.175. The van der Waals surface area contributed by atoms with Gasteiger partial charge in [-0.15, -0.1) is 11.6 Å². The van der Waals surface area contributed by atoms with Crippen LogP contribution in [0.1, 0.15) is 18.9 Å². The van der Waals surface area contributed by atoms with Crippen LogP contribution in [0.25, 0.3) is 0 Å². The predicted molar refractivity (Wildman–Crippen MR) is 80.7 cm³/mol. The molecule has 1 aromatic carbocycles. The molecule has 1 amide bonds. The molecule has 0 saturated heterocycles. The lowest BCUT2D eigenvalue weighted by atomic mass is 10.0. The Balaban J connectivity index is 2.13. The summed E-state index contributed by atoms with van der Waals surface area (Å²) in [6.45, 7) is 1.79. The van der Waals surface area contributed by atoms with E-state index in [4.69, 9.17) is 11.6 Å². The lowest BCUT2D eigenvalue weighted by Gasteiger charge is -2.18. The van der Waals surface area contributed by atoms with Crippen LogP contribution in [0.5, 0.6) is 0 Å². The van der Waals surface area contributed by atoms with Crippen molar-refractivity contribution in [2.45, 2.75) is 19.8 Å². The number of benzene rings is 1. The summed E-state index contributed by atoms with van der Waals surface area (Å²) in [5.41, 5.74) is 2.20. The van der Waals surface area contributed by atoms with Crippen LogP contribution in [0, 0.1) is 5.92 Å². The molecule has 2 N–H and O–H groups in total. The third-order valence-corrected chi connectivity index (χ3v) is 5.12. The van der Waals surface area contributed by atoms with Crippen molar-refractivity contribution in [3.63, 3.8) is 0 Å². The second-order valence-electron chi connectivity index (χ2n) is 5.06. The van der Waals surface area contributed by atoms with Gasteiger partial charge in [-0.05, 0) is 36.1 Å². The Morgan fingerprint density at radius 1 is 1.40 bits per heavy atom. The molecule has 0 aliphatic carbocycles. The van der Waals surface area contributed by atoms with E-state index in [1.54, 1.807) is 25.1 Å². The van der Waals surface area contributed by atoms with Crippen molar-refractivity contribution in [3.05, 3.63) is 23.8 Å². The Hall–Kier alpha value is -1.27. The summed E-state index contributed by atoms with van der Waals surface area (Å²) in [7, 11) is -3.41. The maximum atomic E-state index is 11.9. The molecule has 1 atom stereocenters. The average molecular weight is 317 g/mol. The van der Waals surface area contributed by atoms with Crippen LogP contribution < -0.4 is 10.0 Å². The number of aryl methyl sites for hydroxylation is 1. The van der Waals surface area contributed by atoms with E-state index in [0.29, 0.717) is 24.4 Å². The summed E-state index contributed by atoms with van der Waals surface area (Å²) in [4.78, 5) is 11.3. The van der Waals surface area contributed by atoms with Gasteiger partial charge in [0.25, 0.3) is 0 Å². The van der Waals surface area contributed by atoms with E-state index >= 15 is 0 Å². The maximum Gasteiger partial charge on any atom is 0.233 e. The van der Waals surface area contributed by atoms with E-state index in [1.807, 2.05) is 0 Å². The Morgan fingerprint density at radius 3 is 2.85 bits per heavy atom. The number of hydrogen-bond acceptors (Lipinski definition) is 3. The third kappa shape index (κ3) is 3.86. The second kappa shape index (κ2) is 6.01. The normalized spacial score (nSPS) is 16.2. The van der Waals surface area contributed by atoms with E-state index in [2.05, 4.69) is 10.0 Å². The first-order chi connectivity index (χ1) is 9.39. The van der Waals surface area contributed by atoms with Gasteiger partial charge in [0.15, 0.2) is 0 Å². The summed E-state index contributed by atoms with van der Waals surface area (Å²) >= 11 is 5.64.